The van der Waals surface area contributed by atoms with E-state index >= 15 is 0 Å². The van der Waals surface area contributed by atoms with Gasteiger partial charge in [-0.2, -0.15) is 15.0 Å². The fourth-order valence-electron chi connectivity index (χ4n) is 2.74. The maximum absolute atomic E-state index is 11.0. The van der Waals surface area contributed by atoms with Crippen LogP contribution >= 0.6 is 0 Å². The summed E-state index contributed by atoms with van der Waals surface area (Å²) in [6.45, 7) is 5.74. The molecule has 9 nitrogen and oxygen atoms in total. The molecule has 0 bridgehead atoms. The number of carbonyl (C=O) groups is 1. The number of aliphatic carboxylic acids is 1. The van der Waals surface area contributed by atoms with Gasteiger partial charge in [0.15, 0.2) is 0 Å². The van der Waals surface area contributed by atoms with Crippen molar-refractivity contribution in [2.24, 2.45) is 5.92 Å². The SMILES string of the molecule is CC(C)Nc1nc(NCCO)nc(N2CCCC(CC(=O)O)C2)n1. The number of piperidine rings is 1. The average Bonchev–Trinajstić information content (AvgIpc) is 2.51. The van der Waals surface area contributed by atoms with Gasteiger partial charge in [-0.25, -0.2) is 0 Å². The van der Waals surface area contributed by atoms with Gasteiger partial charge in [0, 0.05) is 32.1 Å². The lowest BCUT2D eigenvalue weighted by molar-refractivity contribution is -0.138. The molecule has 2 heterocycles. The molecular formula is C15H26N6O3. The summed E-state index contributed by atoms with van der Waals surface area (Å²) in [7, 11) is 0. The number of nitrogens with zero attached hydrogens (tertiary/aromatic N) is 4. The largest absolute Gasteiger partial charge is 0.481 e. The van der Waals surface area contributed by atoms with Crippen LogP contribution in [0.4, 0.5) is 17.8 Å². The number of aromatic nitrogens is 3. The Morgan fingerprint density at radius 1 is 1.33 bits per heavy atom. The van der Waals surface area contributed by atoms with Crippen molar-refractivity contribution in [2.45, 2.75) is 39.2 Å². The third kappa shape index (κ3) is 5.48. The molecule has 4 N–H and O–H groups in total. The number of anilines is 3. The van der Waals surface area contributed by atoms with Crippen molar-refractivity contribution in [1.29, 1.82) is 0 Å². The molecule has 0 aliphatic carbocycles. The average molecular weight is 338 g/mol. The van der Waals surface area contributed by atoms with Crippen molar-refractivity contribution in [2.75, 3.05) is 41.8 Å². The minimum atomic E-state index is -0.773. The van der Waals surface area contributed by atoms with E-state index in [-0.39, 0.29) is 25.0 Å². The van der Waals surface area contributed by atoms with Gasteiger partial charge in [0.2, 0.25) is 17.8 Å². The minimum absolute atomic E-state index is 0.0155. The maximum Gasteiger partial charge on any atom is 0.303 e. The molecule has 24 heavy (non-hydrogen) atoms. The van der Waals surface area contributed by atoms with Crippen LogP contribution < -0.4 is 15.5 Å². The Labute approximate surface area is 141 Å². The Morgan fingerprint density at radius 2 is 2.08 bits per heavy atom. The number of carboxylic acid groups (broad SMARTS) is 1. The van der Waals surface area contributed by atoms with Gasteiger partial charge < -0.3 is 25.7 Å². The molecule has 1 saturated heterocycles. The molecule has 134 valence electrons. The summed E-state index contributed by atoms with van der Waals surface area (Å²) in [5.74, 6) is 0.727. The lowest BCUT2D eigenvalue weighted by Crippen LogP contribution is -2.37. The van der Waals surface area contributed by atoms with Crippen LogP contribution in [0.15, 0.2) is 0 Å². The van der Waals surface area contributed by atoms with Gasteiger partial charge in [-0.1, -0.05) is 0 Å². The summed E-state index contributed by atoms with van der Waals surface area (Å²) >= 11 is 0. The first-order valence-electron chi connectivity index (χ1n) is 8.32. The van der Waals surface area contributed by atoms with Crippen LogP contribution in [0.1, 0.15) is 33.1 Å². The molecule has 0 radical (unpaired) electrons. The fourth-order valence-corrected chi connectivity index (χ4v) is 2.74. The summed E-state index contributed by atoms with van der Waals surface area (Å²) in [5, 5.41) is 24.1. The number of carboxylic acids is 1. The van der Waals surface area contributed by atoms with E-state index in [9.17, 15) is 4.79 Å². The Hall–Kier alpha value is -2.16. The van der Waals surface area contributed by atoms with E-state index in [2.05, 4.69) is 25.6 Å². The van der Waals surface area contributed by atoms with Crippen LogP contribution in [-0.2, 0) is 4.79 Å². The number of hydrogen-bond acceptors (Lipinski definition) is 8. The first-order chi connectivity index (χ1) is 11.5. The quantitative estimate of drug-likeness (QED) is 0.544. The van der Waals surface area contributed by atoms with E-state index in [1.165, 1.54) is 0 Å². The van der Waals surface area contributed by atoms with Gasteiger partial charge in [-0.05, 0) is 32.6 Å². The number of rotatable bonds is 8. The standard InChI is InChI=1S/C15H26N6O3/c1-10(2)17-14-18-13(16-5-7-22)19-15(20-14)21-6-3-4-11(9-21)8-12(23)24/h10-11,22H,3-9H2,1-2H3,(H,23,24)(H2,16,17,18,19,20). The van der Waals surface area contributed by atoms with Crippen molar-refractivity contribution in [3.63, 3.8) is 0 Å². The van der Waals surface area contributed by atoms with Gasteiger partial charge in [0.25, 0.3) is 0 Å². The van der Waals surface area contributed by atoms with Gasteiger partial charge in [0.1, 0.15) is 0 Å². The summed E-state index contributed by atoms with van der Waals surface area (Å²) in [6, 6.07) is 0.173. The first kappa shape index (κ1) is 18.2. The van der Waals surface area contributed by atoms with E-state index in [1.54, 1.807) is 0 Å². The summed E-state index contributed by atoms with van der Waals surface area (Å²) in [6.07, 6.45) is 1.98. The Kier molecular flexibility index (Phi) is 6.53. The fraction of sp³-hybridized carbons (Fsp3) is 0.733. The lowest BCUT2D eigenvalue weighted by Gasteiger charge is -2.32. The van der Waals surface area contributed by atoms with E-state index in [1.807, 2.05) is 18.7 Å². The highest BCUT2D eigenvalue weighted by Crippen LogP contribution is 2.24. The minimum Gasteiger partial charge on any atom is -0.481 e. The predicted octanol–water partition coefficient (Wildman–Crippen LogP) is 0.787. The number of nitrogens with one attached hydrogen (secondary N) is 2. The van der Waals surface area contributed by atoms with Crippen LogP contribution in [-0.4, -0.2) is 63.4 Å². The molecule has 1 aliphatic rings. The maximum atomic E-state index is 11.0. The van der Waals surface area contributed by atoms with Crippen molar-refractivity contribution in [3.05, 3.63) is 0 Å². The van der Waals surface area contributed by atoms with Crippen LogP contribution in [0.25, 0.3) is 0 Å². The van der Waals surface area contributed by atoms with Crippen LogP contribution in [0.3, 0.4) is 0 Å². The molecule has 1 fully saturated rings. The second kappa shape index (κ2) is 8.62. The van der Waals surface area contributed by atoms with Crippen LogP contribution in [0.5, 0.6) is 0 Å². The van der Waals surface area contributed by atoms with Crippen molar-refractivity contribution in [1.82, 2.24) is 15.0 Å². The van der Waals surface area contributed by atoms with E-state index in [4.69, 9.17) is 10.2 Å². The monoisotopic (exact) mass is 338 g/mol. The zero-order valence-corrected chi connectivity index (χ0v) is 14.2. The molecule has 0 spiro atoms. The highest BCUT2D eigenvalue weighted by molar-refractivity contribution is 5.67. The second-order valence-corrected chi connectivity index (χ2v) is 6.28. The molecule has 1 atom stereocenters. The number of hydrogen-bond donors (Lipinski definition) is 4. The van der Waals surface area contributed by atoms with Crippen molar-refractivity contribution >= 4 is 23.8 Å². The Balaban J connectivity index is 2.18. The molecule has 1 aliphatic heterocycles. The number of aliphatic hydroxyl groups excluding tert-OH is 1. The Morgan fingerprint density at radius 3 is 2.75 bits per heavy atom. The van der Waals surface area contributed by atoms with Crippen molar-refractivity contribution in [3.8, 4) is 0 Å². The van der Waals surface area contributed by atoms with Gasteiger partial charge in [0.05, 0.1) is 6.61 Å². The smallest absolute Gasteiger partial charge is 0.303 e. The van der Waals surface area contributed by atoms with Gasteiger partial charge in [-0.3, -0.25) is 4.79 Å². The molecule has 1 aromatic heterocycles. The summed E-state index contributed by atoms with van der Waals surface area (Å²) in [5.41, 5.74) is 0. The number of aliphatic hydroxyl groups is 1. The van der Waals surface area contributed by atoms with Crippen molar-refractivity contribution < 1.29 is 15.0 Å². The topological polar surface area (TPSA) is 124 Å². The molecule has 2 rings (SSSR count). The third-order valence-corrected chi connectivity index (χ3v) is 3.70. The van der Waals surface area contributed by atoms with E-state index in [0.717, 1.165) is 19.4 Å². The predicted molar refractivity (Wildman–Crippen MR) is 91.4 cm³/mol. The van der Waals surface area contributed by atoms with E-state index in [0.29, 0.717) is 30.9 Å². The zero-order chi connectivity index (χ0) is 17.5. The molecule has 1 aromatic rings. The molecule has 0 aromatic carbocycles. The van der Waals surface area contributed by atoms with Gasteiger partial charge >= 0.3 is 5.97 Å². The third-order valence-electron chi connectivity index (χ3n) is 3.70. The lowest BCUT2D eigenvalue weighted by atomic mass is 9.95. The Bertz CT molecular complexity index is 554. The molecule has 1 unspecified atom stereocenters. The first-order valence-corrected chi connectivity index (χ1v) is 8.32. The molecular weight excluding hydrogens is 312 g/mol. The van der Waals surface area contributed by atoms with E-state index < -0.39 is 5.97 Å². The normalized spacial score (nSPS) is 17.8. The second-order valence-electron chi connectivity index (χ2n) is 6.28. The molecule has 0 amide bonds. The van der Waals surface area contributed by atoms with Crippen LogP contribution in [0.2, 0.25) is 0 Å². The van der Waals surface area contributed by atoms with Gasteiger partial charge in [-0.15, -0.1) is 0 Å². The van der Waals surface area contributed by atoms with Crippen LogP contribution in [0, 0.1) is 5.92 Å². The summed E-state index contributed by atoms with van der Waals surface area (Å²) in [4.78, 5) is 26.1. The highest BCUT2D eigenvalue weighted by atomic mass is 16.4. The zero-order valence-electron chi connectivity index (χ0n) is 14.2. The highest BCUT2D eigenvalue weighted by Gasteiger charge is 2.24. The molecule has 9 heteroatoms. The molecule has 0 saturated carbocycles. The summed E-state index contributed by atoms with van der Waals surface area (Å²) < 4.78 is 0.